The first-order valence-electron chi connectivity index (χ1n) is 11.5. The van der Waals surface area contributed by atoms with Gasteiger partial charge in [0.2, 0.25) is 23.6 Å². The molecule has 0 saturated carbocycles. The average Bonchev–Trinajstić information content (AvgIpc) is 3.42. The summed E-state index contributed by atoms with van der Waals surface area (Å²) in [5.74, 6) is -2.27. The second-order valence-electron chi connectivity index (χ2n) is 9.49. The number of carbonyl (C=O) groups is 5. The van der Waals surface area contributed by atoms with Crippen molar-refractivity contribution < 1.29 is 28.7 Å². The predicted octanol–water partition coefficient (Wildman–Crippen LogP) is -0.538. The molecule has 1 saturated heterocycles. The van der Waals surface area contributed by atoms with Gasteiger partial charge in [0.05, 0.1) is 6.33 Å². The SMILES string of the molecule is CC(C)(C)OC(=O)N[C@@H](CCCC(N)=O)C(=O)N[C@@H](Cc1cnc[nH]1)C(=O)N1CCC[C@H]1C(N)=O. The third-order valence-corrected chi connectivity index (χ3v) is 5.38. The molecule has 1 aliphatic rings. The van der Waals surface area contributed by atoms with Gasteiger partial charge < -0.3 is 36.7 Å². The molecule has 0 radical (unpaired) electrons. The third-order valence-electron chi connectivity index (χ3n) is 5.38. The standard InChI is InChI=1S/C22H35N7O6/c1-22(2,3)35-21(34)28-14(6-4-8-17(23)30)19(32)27-15(10-13-11-25-12-26-13)20(33)29-9-5-7-16(29)18(24)31/h11-12,14-16H,4-10H2,1-3H3,(H2,23,30)(H2,24,31)(H,25,26)(H,27,32)(H,28,34)/t14-,15-,16-/m0/s1. The number of amides is 5. The number of nitrogens with two attached hydrogens (primary N) is 2. The average molecular weight is 494 g/mol. The zero-order chi connectivity index (χ0) is 26.2. The first kappa shape index (κ1) is 27.6. The molecule has 0 bridgehead atoms. The van der Waals surface area contributed by atoms with Crippen LogP contribution >= 0.6 is 0 Å². The van der Waals surface area contributed by atoms with Gasteiger partial charge in [-0.05, 0) is 46.5 Å². The number of aromatic amines is 1. The molecule has 5 amide bonds. The Balaban J connectivity index is 2.20. The van der Waals surface area contributed by atoms with Crippen molar-refractivity contribution in [2.75, 3.05) is 6.54 Å². The maximum atomic E-state index is 13.4. The Morgan fingerprint density at radius 2 is 1.91 bits per heavy atom. The minimum Gasteiger partial charge on any atom is -0.444 e. The van der Waals surface area contributed by atoms with E-state index in [4.69, 9.17) is 16.2 Å². The summed E-state index contributed by atoms with van der Waals surface area (Å²) in [5, 5.41) is 5.18. The van der Waals surface area contributed by atoms with Crippen LogP contribution in [0.1, 0.15) is 58.6 Å². The molecule has 1 aromatic rings. The van der Waals surface area contributed by atoms with Crippen molar-refractivity contribution in [3.05, 3.63) is 18.2 Å². The Bertz CT molecular complexity index is 912. The number of imidazole rings is 1. The number of alkyl carbamates (subject to hydrolysis) is 1. The van der Waals surface area contributed by atoms with E-state index in [2.05, 4.69) is 20.6 Å². The van der Waals surface area contributed by atoms with Crippen LogP contribution in [0.5, 0.6) is 0 Å². The predicted molar refractivity (Wildman–Crippen MR) is 124 cm³/mol. The highest BCUT2D eigenvalue weighted by atomic mass is 16.6. The van der Waals surface area contributed by atoms with Crippen molar-refractivity contribution >= 4 is 29.7 Å². The number of likely N-dealkylation sites (tertiary alicyclic amines) is 1. The van der Waals surface area contributed by atoms with Crippen molar-refractivity contribution in [3.63, 3.8) is 0 Å². The molecule has 2 rings (SSSR count). The topological polar surface area (TPSA) is 203 Å². The smallest absolute Gasteiger partial charge is 0.408 e. The molecular formula is C22H35N7O6. The fourth-order valence-electron chi connectivity index (χ4n) is 3.81. The van der Waals surface area contributed by atoms with Crippen LogP contribution in [0.4, 0.5) is 4.79 Å². The van der Waals surface area contributed by atoms with E-state index < -0.39 is 53.4 Å². The third kappa shape index (κ3) is 8.91. The van der Waals surface area contributed by atoms with Gasteiger partial charge in [0.15, 0.2) is 0 Å². The highest BCUT2D eigenvalue weighted by Crippen LogP contribution is 2.19. The van der Waals surface area contributed by atoms with E-state index in [1.807, 2.05) is 0 Å². The number of hydrogen-bond acceptors (Lipinski definition) is 7. The summed E-state index contributed by atoms with van der Waals surface area (Å²) in [4.78, 5) is 70.1. The lowest BCUT2D eigenvalue weighted by molar-refractivity contribution is -0.140. The Labute approximate surface area is 203 Å². The lowest BCUT2D eigenvalue weighted by Gasteiger charge is -2.29. The summed E-state index contributed by atoms with van der Waals surface area (Å²) in [6.45, 7) is 5.37. The number of primary amides is 2. The van der Waals surface area contributed by atoms with Gasteiger partial charge in [0, 0.05) is 31.3 Å². The fourth-order valence-corrected chi connectivity index (χ4v) is 3.81. The summed E-state index contributed by atoms with van der Waals surface area (Å²) in [5.41, 5.74) is 10.4. The Hall–Kier alpha value is -3.64. The number of hydrogen-bond donors (Lipinski definition) is 5. The number of H-pyrrole nitrogens is 1. The molecule has 0 aliphatic carbocycles. The van der Waals surface area contributed by atoms with Crippen LogP contribution in [-0.4, -0.2) is 74.9 Å². The van der Waals surface area contributed by atoms with Crippen LogP contribution < -0.4 is 22.1 Å². The molecule has 0 aromatic carbocycles. The Morgan fingerprint density at radius 3 is 2.49 bits per heavy atom. The molecule has 7 N–H and O–H groups in total. The van der Waals surface area contributed by atoms with E-state index in [1.165, 1.54) is 17.4 Å². The summed E-state index contributed by atoms with van der Waals surface area (Å²) >= 11 is 0. The minimum absolute atomic E-state index is 0.0182. The van der Waals surface area contributed by atoms with Gasteiger partial charge in [0.1, 0.15) is 23.7 Å². The zero-order valence-electron chi connectivity index (χ0n) is 20.3. The lowest BCUT2D eigenvalue weighted by atomic mass is 10.1. The van der Waals surface area contributed by atoms with E-state index >= 15 is 0 Å². The summed E-state index contributed by atoms with van der Waals surface area (Å²) in [7, 11) is 0. The number of aromatic nitrogens is 2. The molecule has 1 fully saturated rings. The highest BCUT2D eigenvalue weighted by molar-refractivity contribution is 5.94. The molecular weight excluding hydrogens is 458 g/mol. The molecule has 0 unspecified atom stereocenters. The van der Waals surface area contributed by atoms with Crippen LogP contribution in [0.3, 0.4) is 0 Å². The monoisotopic (exact) mass is 493 g/mol. The molecule has 1 aromatic heterocycles. The van der Waals surface area contributed by atoms with Crippen molar-refractivity contribution in [1.82, 2.24) is 25.5 Å². The number of carbonyl (C=O) groups excluding carboxylic acids is 5. The molecule has 13 heteroatoms. The van der Waals surface area contributed by atoms with E-state index in [1.54, 1.807) is 20.8 Å². The quantitative estimate of drug-likeness (QED) is 0.272. The number of nitrogens with zero attached hydrogens (tertiary/aromatic N) is 2. The van der Waals surface area contributed by atoms with Crippen molar-refractivity contribution in [1.29, 1.82) is 0 Å². The first-order valence-corrected chi connectivity index (χ1v) is 11.5. The number of ether oxygens (including phenoxy) is 1. The molecule has 2 heterocycles. The first-order chi connectivity index (χ1) is 16.4. The number of rotatable bonds is 11. The van der Waals surface area contributed by atoms with Gasteiger partial charge in [-0.2, -0.15) is 0 Å². The van der Waals surface area contributed by atoms with Crippen LogP contribution in [0.25, 0.3) is 0 Å². The van der Waals surface area contributed by atoms with Crippen molar-refractivity contribution in [3.8, 4) is 0 Å². The fraction of sp³-hybridized carbons (Fsp3) is 0.636. The Kier molecular flexibility index (Phi) is 9.60. The highest BCUT2D eigenvalue weighted by Gasteiger charge is 2.37. The molecule has 3 atom stereocenters. The van der Waals surface area contributed by atoms with E-state index in [-0.39, 0.29) is 25.7 Å². The van der Waals surface area contributed by atoms with Gasteiger partial charge in [-0.25, -0.2) is 9.78 Å². The van der Waals surface area contributed by atoms with Gasteiger partial charge in [-0.15, -0.1) is 0 Å². The summed E-state index contributed by atoms with van der Waals surface area (Å²) in [6.07, 6.45) is 3.62. The number of nitrogens with one attached hydrogen (secondary N) is 3. The second kappa shape index (κ2) is 12.2. The molecule has 0 spiro atoms. The maximum Gasteiger partial charge on any atom is 0.408 e. The van der Waals surface area contributed by atoms with Gasteiger partial charge in [-0.3, -0.25) is 19.2 Å². The molecule has 194 valence electrons. The largest absolute Gasteiger partial charge is 0.444 e. The lowest BCUT2D eigenvalue weighted by Crippen LogP contribution is -2.57. The zero-order valence-corrected chi connectivity index (χ0v) is 20.3. The van der Waals surface area contributed by atoms with E-state index in [0.29, 0.717) is 25.1 Å². The molecule has 35 heavy (non-hydrogen) atoms. The van der Waals surface area contributed by atoms with Gasteiger partial charge in [-0.1, -0.05) is 0 Å². The van der Waals surface area contributed by atoms with Crippen molar-refractivity contribution in [2.24, 2.45) is 11.5 Å². The maximum absolute atomic E-state index is 13.4. The normalized spacial score (nSPS) is 17.3. The van der Waals surface area contributed by atoms with Crippen molar-refractivity contribution in [2.45, 2.75) is 83.0 Å². The molecule has 1 aliphatic heterocycles. The van der Waals surface area contributed by atoms with Gasteiger partial charge in [0.25, 0.3) is 0 Å². The second-order valence-corrected chi connectivity index (χ2v) is 9.49. The van der Waals surface area contributed by atoms with Crippen LogP contribution in [-0.2, 0) is 30.3 Å². The van der Waals surface area contributed by atoms with Gasteiger partial charge >= 0.3 is 6.09 Å². The molecule has 13 nitrogen and oxygen atoms in total. The minimum atomic E-state index is -1.09. The van der Waals surface area contributed by atoms with Crippen LogP contribution in [0.2, 0.25) is 0 Å². The van der Waals surface area contributed by atoms with Crippen LogP contribution in [0, 0.1) is 0 Å². The van der Waals surface area contributed by atoms with E-state index in [0.717, 1.165) is 0 Å². The summed E-state index contributed by atoms with van der Waals surface area (Å²) < 4.78 is 5.24. The van der Waals surface area contributed by atoms with E-state index in [9.17, 15) is 24.0 Å². The summed E-state index contributed by atoms with van der Waals surface area (Å²) in [6, 6.07) is -2.90. The Morgan fingerprint density at radius 1 is 1.20 bits per heavy atom. The van der Waals surface area contributed by atoms with Crippen LogP contribution in [0.15, 0.2) is 12.5 Å².